The topological polar surface area (TPSA) is 55.4 Å². The molecular weight excluding hydrogens is 452 g/mol. The van der Waals surface area contributed by atoms with Crippen molar-refractivity contribution >= 4 is 17.6 Å². The van der Waals surface area contributed by atoms with Crippen molar-refractivity contribution in [3.63, 3.8) is 0 Å². The molecule has 6 nitrogen and oxygen atoms in total. The molecule has 0 saturated heterocycles. The fourth-order valence-electron chi connectivity index (χ4n) is 2.96. The first-order valence-electron chi connectivity index (χ1n) is 13.5. The molecule has 33 heavy (non-hydrogen) atoms. The average Bonchev–Trinajstić information content (AvgIpc) is 2.73. The molecule has 0 saturated carbocycles. The van der Waals surface area contributed by atoms with Crippen molar-refractivity contribution in [2.75, 3.05) is 19.8 Å². The molecule has 0 spiro atoms. The number of unbranched alkanes of at least 4 members (excludes halogenated alkanes) is 3. The second-order valence-corrected chi connectivity index (χ2v) is 14.9. The van der Waals surface area contributed by atoms with E-state index in [1.165, 1.54) is 0 Å². The van der Waals surface area contributed by atoms with E-state index in [0.29, 0.717) is 0 Å². The molecule has 0 amide bonds. The maximum atomic E-state index is 6.01. The van der Waals surface area contributed by atoms with Crippen molar-refractivity contribution in [3.8, 4) is 0 Å². The minimum Gasteiger partial charge on any atom is -0.373 e. The minimum atomic E-state index is -2.46. The van der Waals surface area contributed by atoms with Crippen LogP contribution < -0.4 is 0 Å². The van der Waals surface area contributed by atoms with Gasteiger partial charge in [0.1, 0.15) is 0 Å². The van der Waals surface area contributed by atoms with Gasteiger partial charge in [-0.25, -0.2) is 0 Å². The van der Waals surface area contributed by atoms with Crippen molar-refractivity contribution in [2.45, 2.75) is 145 Å². The SMILES string of the molecule is CCCCO[Si](CC)(OCCCC)OCCCC.CC[Si](OC(C)C)(OC(C)C)OC(C)C. The van der Waals surface area contributed by atoms with E-state index in [2.05, 4.69) is 34.6 Å². The van der Waals surface area contributed by atoms with Crippen LogP contribution in [0.4, 0.5) is 0 Å². The third kappa shape index (κ3) is 19.1. The molecule has 0 radical (unpaired) electrons. The van der Waals surface area contributed by atoms with Gasteiger partial charge in [0.25, 0.3) is 0 Å². The number of hydrogen-bond donors (Lipinski definition) is 0. The van der Waals surface area contributed by atoms with E-state index in [-0.39, 0.29) is 18.3 Å². The van der Waals surface area contributed by atoms with E-state index in [1.54, 1.807) is 0 Å². The molecule has 0 unspecified atom stereocenters. The van der Waals surface area contributed by atoms with Crippen molar-refractivity contribution in [2.24, 2.45) is 0 Å². The first kappa shape index (κ1) is 35.4. The Morgan fingerprint density at radius 3 is 0.909 bits per heavy atom. The van der Waals surface area contributed by atoms with Gasteiger partial charge in [-0.15, -0.1) is 0 Å². The van der Waals surface area contributed by atoms with Crippen LogP contribution in [0.2, 0.25) is 12.1 Å². The maximum absolute atomic E-state index is 6.01. The summed E-state index contributed by atoms with van der Waals surface area (Å²) in [6, 6.07) is 1.70. The summed E-state index contributed by atoms with van der Waals surface area (Å²) >= 11 is 0. The van der Waals surface area contributed by atoms with Gasteiger partial charge in [-0.2, -0.15) is 0 Å². The second-order valence-electron chi connectivity index (χ2n) is 9.18. The molecule has 8 heteroatoms. The van der Waals surface area contributed by atoms with Crippen molar-refractivity contribution < 1.29 is 26.6 Å². The van der Waals surface area contributed by atoms with Gasteiger partial charge >= 0.3 is 17.6 Å². The van der Waals surface area contributed by atoms with E-state index >= 15 is 0 Å². The molecule has 0 aromatic carbocycles. The Kier molecular flexibility index (Phi) is 23.0. The smallest absolute Gasteiger partial charge is 0.373 e. The minimum absolute atomic E-state index is 0.147. The van der Waals surface area contributed by atoms with E-state index in [4.69, 9.17) is 26.6 Å². The van der Waals surface area contributed by atoms with Gasteiger partial charge in [0.05, 0.1) is 0 Å². The standard InChI is InChI=1S/C14H32O3Si.C11H26O3Si/c1-5-9-12-15-18(8-4,16-13-10-6-2)17-14-11-7-3;1-8-15(12-9(2)3,13-10(4)5)14-11(6)7/h5-14H2,1-4H3;9-11H,8H2,1-7H3. The number of hydrogen-bond acceptors (Lipinski definition) is 6. The highest BCUT2D eigenvalue weighted by molar-refractivity contribution is 6.61. The zero-order valence-electron chi connectivity index (χ0n) is 24.0. The van der Waals surface area contributed by atoms with Crippen LogP contribution in [-0.4, -0.2) is 55.7 Å². The second kappa shape index (κ2) is 21.5. The monoisotopic (exact) mass is 510 g/mol. The summed E-state index contributed by atoms with van der Waals surface area (Å²) in [5.74, 6) is 0. The molecule has 0 aromatic heterocycles. The molecule has 0 bridgehead atoms. The van der Waals surface area contributed by atoms with Crippen molar-refractivity contribution in [1.29, 1.82) is 0 Å². The zero-order chi connectivity index (χ0) is 25.8. The van der Waals surface area contributed by atoms with Crippen LogP contribution in [0.25, 0.3) is 0 Å². The third-order valence-corrected chi connectivity index (χ3v) is 10.7. The van der Waals surface area contributed by atoms with Crippen LogP contribution in [0.5, 0.6) is 0 Å². The predicted octanol–water partition coefficient (Wildman–Crippen LogP) is 7.62. The van der Waals surface area contributed by atoms with Crippen LogP contribution in [0.1, 0.15) is 115 Å². The van der Waals surface area contributed by atoms with E-state index in [0.717, 1.165) is 70.4 Å². The zero-order valence-corrected chi connectivity index (χ0v) is 26.0. The predicted molar refractivity (Wildman–Crippen MR) is 144 cm³/mol. The molecule has 0 atom stereocenters. The molecule has 0 aliphatic rings. The number of rotatable bonds is 20. The highest BCUT2D eigenvalue weighted by Crippen LogP contribution is 2.21. The summed E-state index contributed by atoms with van der Waals surface area (Å²) in [7, 11) is -4.84. The Bertz CT molecular complexity index is 369. The Balaban J connectivity index is 0. The van der Waals surface area contributed by atoms with Gasteiger partial charge < -0.3 is 26.6 Å². The Hall–Kier alpha value is 0.194. The van der Waals surface area contributed by atoms with Gasteiger partial charge in [0.2, 0.25) is 0 Å². The highest BCUT2D eigenvalue weighted by Gasteiger charge is 2.42. The lowest BCUT2D eigenvalue weighted by molar-refractivity contribution is 0.00416. The van der Waals surface area contributed by atoms with Gasteiger partial charge in [-0.3, -0.25) is 0 Å². The van der Waals surface area contributed by atoms with Crippen molar-refractivity contribution in [3.05, 3.63) is 0 Å². The summed E-state index contributed by atoms with van der Waals surface area (Å²) in [6.45, 7) is 25.1. The van der Waals surface area contributed by atoms with E-state index < -0.39 is 17.6 Å². The van der Waals surface area contributed by atoms with Gasteiger partial charge in [0, 0.05) is 50.2 Å². The van der Waals surface area contributed by atoms with Gasteiger partial charge in [-0.1, -0.05) is 53.9 Å². The lowest BCUT2D eigenvalue weighted by Gasteiger charge is -2.33. The molecule has 0 heterocycles. The molecule has 0 aliphatic carbocycles. The lowest BCUT2D eigenvalue weighted by Crippen LogP contribution is -2.50. The van der Waals surface area contributed by atoms with E-state index in [1.807, 2.05) is 41.5 Å². The summed E-state index contributed by atoms with van der Waals surface area (Å²) in [5.41, 5.74) is 0. The van der Waals surface area contributed by atoms with Crippen LogP contribution in [0.15, 0.2) is 0 Å². The van der Waals surface area contributed by atoms with Crippen LogP contribution in [-0.2, 0) is 26.6 Å². The Labute approximate surface area is 209 Å². The van der Waals surface area contributed by atoms with Gasteiger partial charge in [0.15, 0.2) is 0 Å². The molecule has 0 fully saturated rings. The molecule has 0 rings (SSSR count). The van der Waals surface area contributed by atoms with Crippen LogP contribution in [0, 0.1) is 0 Å². The molecule has 0 N–H and O–H groups in total. The first-order valence-corrected chi connectivity index (χ1v) is 17.4. The molecular formula is C25H58O6Si2. The quantitative estimate of drug-likeness (QED) is 0.124. The largest absolute Gasteiger partial charge is 0.501 e. The van der Waals surface area contributed by atoms with Crippen LogP contribution >= 0.6 is 0 Å². The average molecular weight is 511 g/mol. The Morgan fingerprint density at radius 2 is 0.727 bits per heavy atom. The van der Waals surface area contributed by atoms with E-state index in [9.17, 15) is 0 Å². The summed E-state index contributed by atoms with van der Waals surface area (Å²) in [6.07, 6.45) is 7.15. The highest BCUT2D eigenvalue weighted by atomic mass is 28.4. The lowest BCUT2D eigenvalue weighted by atomic mass is 10.4. The Morgan fingerprint density at radius 1 is 0.455 bits per heavy atom. The fourth-order valence-corrected chi connectivity index (χ4v) is 8.01. The third-order valence-electron chi connectivity index (χ3n) is 4.57. The first-order chi connectivity index (χ1) is 15.6. The van der Waals surface area contributed by atoms with Crippen LogP contribution in [0.3, 0.4) is 0 Å². The summed E-state index contributed by atoms with van der Waals surface area (Å²) < 4.78 is 35.7. The van der Waals surface area contributed by atoms with Gasteiger partial charge in [-0.05, 0) is 60.8 Å². The van der Waals surface area contributed by atoms with Crippen molar-refractivity contribution in [1.82, 2.24) is 0 Å². The summed E-state index contributed by atoms with van der Waals surface area (Å²) in [5, 5.41) is 0. The fraction of sp³-hybridized carbons (Fsp3) is 1.00. The molecule has 0 aromatic rings. The normalized spacial score (nSPS) is 12.5. The maximum Gasteiger partial charge on any atom is 0.501 e. The molecule has 202 valence electrons. The molecule has 0 aliphatic heterocycles. The summed E-state index contributed by atoms with van der Waals surface area (Å²) in [4.78, 5) is 0.